The Morgan fingerprint density at radius 1 is 0.850 bits per heavy atom. The molecule has 2 aliphatic heterocycles. The molecular formula is C28H25N9O3. The minimum Gasteiger partial charge on any atom is -0.322 e. The number of carbonyl (C=O) groups is 3. The minimum absolute atomic E-state index is 0.175. The minimum atomic E-state index is -0.633. The highest BCUT2D eigenvalue weighted by molar-refractivity contribution is 6.05. The van der Waals surface area contributed by atoms with Gasteiger partial charge in [-0.05, 0) is 47.9 Å². The number of carbonyl (C=O) groups excluding carboxylic acids is 3. The molecule has 6 heterocycles. The van der Waals surface area contributed by atoms with Gasteiger partial charge >= 0.3 is 0 Å². The maximum atomic E-state index is 13.1. The van der Waals surface area contributed by atoms with Crippen molar-refractivity contribution in [1.29, 1.82) is 0 Å². The van der Waals surface area contributed by atoms with Crippen molar-refractivity contribution in [2.75, 3.05) is 0 Å². The molecule has 12 heteroatoms. The van der Waals surface area contributed by atoms with E-state index in [2.05, 4.69) is 30.6 Å². The Hall–Kier alpha value is -4.97. The highest BCUT2D eigenvalue weighted by Crippen LogP contribution is 2.29. The van der Waals surface area contributed by atoms with Crippen LogP contribution in [0.3, 0.4) is 0 Å². The Morgan fingerprint density at radius 2 is 1.52 bits per heavy atom. The molecular weight excluding hydrogens is 510 g/mol. The van der Waals surface area contributed by atoms with Crippen molar-refractivity contribution in [2.24, 2.45) is 0 Å². The van der Waals surface area contributed by atoms with Crippen LogP contribution in [0.25, 0.3) is 11.0 Å². The smallest absolute Gasteiger partial charge is 0.255 e. The lowest BCUT2D eigenvalue weighted by Crippen LogP contribution is -2.52. The zero-order valence-corrected chi connectivity index (χ0v) is 21.5. The van der Waals surface area contributed by atoms with Crippen molar-refractivity contribution in [3.63, 3.8) is 0 Å². The second kappa shape index (κ2) is 9.65. The third kappa shape index (κ3) is 4.28. The fraction of sp³-hybridized carbons (Fsp3) is 0.250. The van der Waals surface area contributed by atoms with E-state index < -0.39 is 11.9 Å². The molecule has 1 unspecified atom stereocenters. The summed E-state index contributed by atoms with van der Waals surface area (Å²) >= 11 is 0. The topological polar surface area (TPSA) is 130 Å². The summed E-state index contributed by atoms with van der Waals surface area (Å²) in [6, 6.07) is 13.0. The van der Waals surface area contributed by atoms with E-state index in [1.54, 1.807) is 26.6 Å². The highest BCUT2D eigenvalue weighted by Gasteiger charge is 2.39. The van der Waals surface area contributed by atoms with E-state index in [1.807, 2.05) is 54.9 Å². The van der Waals surface area contributed by atoms with E-state index in [-0.39, 0.29) is 18.2 Å². The first-order valence-corrected chi connectivity index (χ1v) is 13.1. The molecule has 0 saturated carbocycles. The molecule has 0 radical (unpaired) electrons. The molecule has 0 aliphatic carbocycles. The van der Waals surface area contributed by atoms with Gasteiger partial charge in [0.1, 0.15) is 6.04 Å². The number of rotatable bonds is 7. The van der Waals surface area contributed by atoms with Crippen LogP contribution in [-0.2, 0) is 35.8 Å². The van der Waals surface area contributed by atoms with Crippen LogP contribution >= 0.6 is 0 Å². The quantitative estimate of drug-likeness (QED) is 0.312. The molecule has 2 aliphatic rings. The molecule has 1 aromatic carbocycles. The Bertz CT molecular complexity index is 1720. The summed E-state index contributed by atoms with van der Waals surface area (Å²) in [5.74, 6) is -0.878. The van der Waals surface area contributed by atoms with Crippen LogP contribution in [0, 0.1) is 0 Å². The molecule has 12 nitrogen and oxygen atoms in total. The van der Waals surface area contributed by atoms with Crippen molar-refractivity contribution in [1.82, 2.24) is 44.8 Å². The fourth-order valence-electron chi connectivity index (χ4n) is 5.64. The molecule has 0 spiro atoms. The predicted molar refractivity (Wildman–Crippen MR) is 141 cm³/mol. The standard InChI is InChI=1S/C28H25N9O3/c38-26-8-7-25(27(39)33-26)35-17-19-11-18(5-6-22(19)28(35)40)14-34(15-20-12-31-36-23(20)3-1-9-29-36)16-21-13-32-37-24(21)4-2-10-30-37/h1-6,9-13,25H,7-8,14-17H2,(H,33,38,39). The molecule has 40 heavy (non-hydrogen) atoms. The number of nitrogens with zero attached hydrogens (tertiary/aromatic N) is 8. The summed E-state index contributed by atoms with van der Waals surface area (Å²) < 4.78 is 3.24. The van der Waals surface area contributed by atoms with Gasteiger partial charge in [-0.15, -0.1) is 0 Å². The lowest BCUT2D eigenvalue weighted by atomic mass is 10.0. The normalized spacial score (nSPS) is 17.3. The molecule has 1 N–H and O–H groups in total. The zero-order chi connectivity index (χ0) is 27.2. The maximum Gasteiger partial charge on any atom is 0.255 e. The van der Waals surface area contributed by atoms with E-state index in [4.69, 9.17) is 0 Å². The molecule has 1 atom stereocenters. The summed E-state index contributed by atoms with van der Waals surface area (Å²) in [7, 11) is 0. The summed E-state index contributed by atoms with van der Waals surface area (Å²) in [5, 5.41) is 19.7. The predicted octanol–water partition coefficient (Wildman–Crippen LogP) is 1.74. The van der Waals surface area contributed by atoms with Crippen LogP contribution in [0.5, 0.6) is 0 Å². The summed E-state index contributed by atoms with van der Waals surface area (Å²) in [5.41, 5.74) is 6.49. The Morgan fingerprint density at radius 3 is 2.17 bits per heavy atom. The molecule has 200 valence electrons. The molecule has 1 saturated heterocycles. The first-order chi connectivity index (χ1) is 19.5. The second-order valence-electron chi connectivity index (χ2n) is 10.2. The van der Waals surface area contributed by atoms with Crippen molar-refractivity contribution < 1.29 is 14.4 Å². The zero-order valence-electron chi connectivity index (χ0n) is 21.5. The largest absolute Gasteiger partial charge is 0.322 e. The fourth-order valence-corrected chi connectivity index (χ4v) is 5.64. The SMILES string of the molecule is O=C1CCC(N2Cc3cc(CN(Cc4cnn5ncccc45)Cc4cnn5ncccc45)ccc3C2=O)C(=O)N1. The Balaban J connectivity index is 1.16. The molecule has 4 aromatic heterocycles. The van der Waals surface area contributed by atoms with Gasteiger partial charge < -0.3 is 4.90 Å². The first-order valence-electron chi connectivity index (χ1n) is 13.1. The number of nitrogens with one attached hydrogen (secondary N) is 1. The van der Waals surface area contributed by atoms with Crippen molar-refractivity contribution in [3.05, 3.63) is 95.1 Å². The first kappa shape index (κ1) is 24.1. The molecule has 7 rings (SSSR count). The van der Waals surface area contributed by atoms with Crippen LogP contribution in [0.2, 0.25) is 0 Å². The van der Waals surface area contributed by atoms with E-state index in [1.165, 1.54) is 0 Å². The Kier molecular flexibility index (Phi) is 5.81. The number of hydrogen-bond acceptors (Lipinski definition) is 8. The van der Waals surface area contributed by atoms with E-state index >= 15 is 0 Å². The lowest BCUT2D eigenvalue weighted by molar-refractivity contribution is -0.136. The third-order valence-electron chi connectivity index (χ3n) is 7.55. The van der Waals surface area contributed by atoms with E-state index in [0.717, 1.165) is 33.3 Å². The molecule has 5 aromatic rings. The van der Waals surface area contributed by atoms with Crippen LogP contribution < -0.4 is 5.32 Å². The van der Waals surface area contributed by atoms with Gasteiger partial charge in [-0.2, -0.15) is 29.7 Å². The second-order valence-corrected chi connectivity index (χ2v) is 10.2. The number of benzene rings is 1. The van der Waals surface area contributed by atoms with Crippen molar-refractivity contribution in [2.45, 2.75) is 45.1 Å². The average molecular weight is 536 g/mol. The van der Waals surface area contributed by atoms with Crippen LogP contribution in [0.1, 0.15) is 45.5 Å². The number of fused-ring (bicyclic) bond motifs is 3. The van der Waals surface area contributed by atoms with Gasteiger partial charge in [-0.1, -0.05) is 12.1 Å². The monoisotopic (exact) mass is 535 g/mol. The summed E-state index contributed by atoms with van der Waals surface area (Å²) in [6.07, 6.45) is 7.66. The summed E-state index contributed by atoms with van der Waals surface area (Å²) in [4.78, 5) is 41.1. The van der Waals surface area contributed by atoms with Crippen LogP contribution in [-0.4, -0.2) is 63.2 Å². The lowest BCUT2D eigenvalue weighted by Gasteiger charge is -2.29. The van der Waals surface area contributed by atoms with Gasteiger partial charge in [0.15, 0.2) is 0 Å². The van der Waals surface area contributed by atoms with Gasteiger partial charge in [0.05, 0.1) is 23.4 Å². The highest BCUT2D eigenvalue weighted by atomic mass is 16.2. The van der Waals surface area contributed by atoms with E-state index in [9.17, 15) is 14.4 Å². The molecule has 1 fully saturated rings. The van der Waals surface area contributed by atoms with Crippen LogP contribution in [0.4, 0.5) is 0 Å². The Labute approximate surface area is 228 Å². The van der Waals surface area contributed by atoms with Crippen molar-refractivity contribution in [3.8, 4) is 0 Å². The maximum absolute atomic E-state index is 13.1. The van der Waals surface area contributed by atoms with Gasteiger partial charge in [-0.25, -0.2) is 0 Å². The van der Waals surface area contributed by atoms with E-state index in [0.29, 0.717) is 38.2 Å². The van der Waals surface area contributed by atoms with Crippen molar-refractivity contribution >= 4 is 28.8 Å². The average Bonchev–Trinajstić information content (AvgIpc) is 3.65. The molecule has 0 bridgehead atoms. The number of aromatic nitrogens is 6. The number of amides is 3. The van der Waals surface area contributed by atoms with Gasteiger partial charge in [0, 0.05) is 61.7 Å². The van der Waals surface area contributed by atoms with Gasteiger partial charge in [0.2, 0.25) is 11.8 Å². The van der Waals surface area contributed by atoms with Gasteiger partial charge in [0.25, 0.3) is 5.91 Å². The number of piperidine rings is 1. The molecule has 3 amide bonds. The van der Waals surface area contributed by atoms with Crippen LogP contribution in [0.15, 0.2) is 67.3 Å². The van der Waals surface area contributed by atoms with Gasteiger partial charge in [-0.3, -0.25) is 24.6 Å². The number of imide groups is 1. The summed E-state index contributed by atoms with van der Waals surface area (Å²) in [6.45, 7) is 2.18. The number of hydrogen-bond donors (Lipinski definition) is 1. The third-order valence-corrected chi connectivity index (χ3v) is 7.55.